The van der Waals surface area contributed by atoms with Crippen molar-refractivity contribution >= 4 is 5.91 Å². The van der Waals surface area contributed by atoms with Gasteiger partial charge in [0, 0.05) is 19.0 Å². The number of hydrogen-bond acceptors (Lipinski definition) is 2. The van der Waals surface area contributed by atoms with Crippen molar-refractivity contribution in [1.29, 1.82) is 0 Å². The first kappa shape index (κ1) is 18.5. The van der Waals surface area contributed by atoms with Gasteiger partial charge in [-0.1, -0.05) is 18.6 Å². The summed E-state index contributed by atoms with van der Waals surface area (Å²) in [7, 11) is 0. The number of carbonyl (C=O) groups excluding carboxylic acids is 1. The first-order valence-electron chi connectivity index (χ1n) is 9.68. The zero-order chi connectivity index (χ0) is 16.7. The number of likely N-dealkylation sites (tertiary alicyclic amines) is 1. The number of hydrogen-bond donors (Lipinski definition) is 1. The van der Waals surface area contributed by atoms with E-state index in [1.807, 2.05) is 0 Å². The lowest BCUT2D eigenvalue weighted by Gasteiger charge is -2.33. The van der Waals surface area contributed by atoms with Crippen LogP contribution in [-0.2, 0) is 4.79 Å². The third-order valence-electron chi connectivity index (χ3n) is 5.21. The molecule has 0 unspecified atom stereocenters. The summed E-state index contributed by atoms with van der Waals surface area (Å²) in [6, 6.07) is 0.511. The summed E-state index contributed by atoms with van der Waals surface area (Å²) >= 11 is 0. The molecule has 1 aliphatic heterocycles. The Bertz CT molecular complexity index is 388. The molecule has 1 saturated heterocycles. The lowest BCUT2D eigenvalue weighted by molar-refractivity contribution is -0.121. The monoisotopic (exact) mass is 320 g/mol. The SMILES string of the molecule is CC(C)=CCC[C@@H](C)CN1CCC(CCC(=O)NC2CC2)CC1. The van der Waals surface area contributed by atoms with E-state index in [1.54, 1.807) is 0 Å². The summed E-state index contributed by atoms with van der Waals surface area (Å²) < 4.78 is 0. The van der Waals surface area contributed by atoms with E-state index in [1.165, 1.54) is 63.7 Å². The molecule has 3 nitrogen and oxygen atoms in total. The molecule has 2 rings (SSSR count). The standard InChI is InChI=1S/C20H36N2O/c1-16(2)5-4-6-17(3)15-22-13-11-18(12-14-22)7-10-20(23)21-19-8-9-19/h5,17-19H,4,6-15H2,1-3H3,(H,21,23)/t17-/m1/s1. The van der Waals surface area contributed by atoms with Crippen LogP contribution in [0.5, 0.6) is 0 Å². The van der Waals surface area contributed by atoms with E-state index >= 15 is 0 Å². The highest BCUT2D eigenvalue weighted by Gasteiger charge is 2.24. The maximum absolute atomic E-state index is 11.8. The summed E-state index contributed by atoms with van der Waals surface area (Å²) in [5, 5.41) is 3.10. The van der Waals surface area contributed by atoms with Gasteiger partial charge in [0.2, 0.25) is 5.91 Å². The number of allylic oxidation sites excluding steroid dienone is 2. The van der Waals surface area contributed by atoms with Crippen LogP contribution in [0.4, 0.5) is 0 Å². The Kier molecular flexibility index (Phi) is 7.61. The molecule has 0 spiro atoms. The number of nitrogens with one attached hydrogen (secondary N) is 1. The van der Waals surface area contributed by atoms with E-state index in [0.717, 1.165) is 24.7 Å². The van der Waals surface area contributed by atoms with Crippen molar-refractivity contribution in [3.8, 4) is 0 Å². The Morgan fingerprint density at radius 1 is 1.22 bits per heavy atom. The van der Waals surface area contributed by atoms with Crippen LogP contribution in [0.2, 0.25) is 0 Å². The quantitative estimate of drug-likeness (QED) is 0.648. The van der Waals surface area contributed by atoms with Crippen molar-refractivity contribution in [3.05, 3.63) is 11.6 Å². The van der Waals surface area contributed by atoms with E-state index in [-0.39, 0.29) is 5.91 Å². The van der Waals surface area contributed by atoms with Gasteiger partial charge in [0.1, 0.15) is 0 Å². The third kappa shape index (κ3) is 8.01. The highest BCUT2D eigenvalue weighted by molar-refractivity contribution is 5.76. The fraction of sp³-hybridized carbons (Fsp3) is 0.850. The Labute approximate surface area is 142 Å². The molecular weight excluding hydrogens is 284 g/mol. The van der Waals surface area contributed by atoms with Gasteiger partial charge in [0.15, 0.2) is 0 Å². The van der Waals surface area contributed by atoms with Crippen molar-refractivity contribution in [3.63, 3.8) is 0 Å². The van der Waals surface area contributed by atoms with Crippen molar-refractivity contribution in [1.82, 2.24) is 10.2 Å². The van der Waals surface area contributed by atoms with Gasteiger partial charge in [-0.2, -0.15) is 0 Å². The Morgan fingerprint density at radius 3 is 2.52 bits per heavy atom. The Hall–Kier alpha value is -0.830. The van der Waals surface area contributed by atoms with E-state index in [9.17, 15) is 4.79 Å². The van der Waals surface area contributed by atoms with Crippen LogP contribution < -0.4 is 5.32 Å². The molecule has 0 aromatic heterocycles. The highest BCUT2D eigenvalue weighted by Crippen LogP contribution is 2.24. The summed E-state index contributed by atoms with van der Waals surface area (Å²) in [4.78, 5) is 14.4. The van der Waals surface area contributed by atoms with Crippen LogP contribution in [0.25, 0.3) is 0 Å². The van der Waals surface area contributed by atoms with Crippen LogP contribution in [0.1, 0.15) is 72.1 Å². The van der Waals surface area contributed by atoms with Crippen molar-refractivity contribution in [2.75, 3.05) is 19.6 Å². The minimum atomic E-state index is 0.280. The Balaban J connectivity index is 1.54. The summed E-state index contributed by atoms with van der Waals surface area (Å²) in [6.45, 7) is 10.4. The van der Waals surface area contributed by atoms with Crippen molar-refractivity contribution in [2.24, 2.45) is 11.8 Å². The normalized spacial score (nSPS) is 21.0. The zero-order valence-electron chi connectivity index (χ0n) is 15.4. The molecule has 0 bridgehead atoms. The molecular formula is C20H36N2O. The average Bonchev–Trinajstić information content (AvgIpc) is 3.30. The van der Waals surface area contributed by atoms with Gasteiger partial charge in [-0.3, -0.25) is 4.79 Å². The van der Waals surface area contributed by atoms with E-state index < -0.39 is 0 Å². The van der Waals surface area contributed by atoms with Crippen LogP contribution >= 0.6 is 0 Å². The molecule has 0 aromatic rings. The smallest absolute Gasteiger partial charge is 0.220 e. The van der Waals surface area contributed by atoms with Crippen molar-refractivity contribution in [2.45, 2.75) is 78.2 Å². The van der Waals surface area contributed by atoms with Gasteiger partial charge >= 0.3 is 0 Å². The first-order valence-corrected chi connectivity index (χ1v) is 9.68. The number of amides is 1. The van der Waals surface area contributed by atoms with Gasteiger partial charge in [0.05, 0.1) is 0 Å². The molecule has 0 radical (unpaired) electrons. The predicted octanol–water partition coefficient (Wildman–Crippen LogP) is 4.14. The minimum absolute atomic E-state index is 0.280. The fourth-order valence-electron chi connectivity index (χ4n) is 3.51. The fourth-order valence-corrected chi connectivity index (χ4v) is 3.51. The first-order chi connectivity index (χ1) is 11.0. The number of carbonyl (C=O) groups is 1. The van der Waals surface area contributed by atoms with Crippen molar-refractivity contribution < 1.29 is 4.79 Å². The molecule has 132 valence electrons. The predicted molar refractivity (Wildman–Crippen MR) is 97.4 cm³/mol. The summed E-state index contributed by atoms with van der Waals surface area (Å²) in [5.41, 5.74) is 1.43. The second kappa shape index (κ2) is 9.46. The largest absolute Gasteiger partial charge is 0.353 e. The van der Waals surface area contributed by atoms with Gasteiger partial charge in [-0.05, 0) is 83.7 Å². The highest BCUT2D eigenvalue weighted by atomic mass is 16.1. The molecule has 1 heterocycles. The maximum atomic E-state index is 11.8. The molecule has 1 aliphatic carbocycles. The van der Waals surface area contributed by atoms with Gasteiger partial charge in [-0.25, -0.2) is 0 Å². The maximum Gasteiger partial charge on any atom is 0.220 e. The zero-order valence-corrected chi connectivity index (χ0v) is 15.4. The molecule has 1 amide bonds. The van der Waals surface area contributed by atoms with E-state index in [0.29, 0.717) is 6.04 Å². The lowest BCUT2D eigenvalue weighted by atomic mass is 9.91. The number of piperidine rings is 1. The second-order valence-corrected chi connectivity index (χ2v) is 8.09. The molecule has 1 N–H and O–H groups in total. The van der Waals surface area contributed by atoms with Crippen LogP contribution in [0.3, 0.4) is 0 Å². The molecule has 23 heavy (non-hydrogen) atoms. The average molecular weight is 321 g/mol. The van der Waals surface area contributed by atoms with Crippen LogP contribution in [0, 0.1) is 11.8 Å². The minimum Gasteiger partial charge on any atom is -0.353 e. The van der Waals surface area contributed by atoms with E-state index in [4.69, 9.17) is 0 Å². The number of nitrogens with zero attached hydrogens (tertiary/aromatic N) is 1. The molecule has 3 heteroatoms. The molecule has 1 atom stereocenters. The molecule has 0 aromatic carbocycles. The van der Waals surface area contributed by atoms with Gasteiger partial charge in [-0.15, -0.1) is 0 Å². The number of rotatable bonds is 9. The van der Waals surface area contributed by atoms with Gasteiger partial charge in [0.25, 0.3) is 0 Å². The third-order valence-corrected chi connectivity index (χ3v) is 5.21. The molecule has 2 aliphatic rings. The molecule has 2 fully saturated rings. The van der Waals surface area contributed by atoms with Crippen LogP contribution in [-0.4, -0.2) is 36.5 Å². The second-order valence-electron chi connectivity index (χ2n) is 8.09. The van der Waals surface area contributed by atoms with Crippen LogP contribution in [0.15, 0.2) is 11.6 Å². The summed E-state index contributed by atoms with van der Waals surface area (Å²) in [5.74, 6) is 1.83. The Morgan fingerprint density at radius 2 is 1.91 bits per heavy atom. The van der Waals surface area contributed by atoms with Gasteiger partial charge < -0.3 is 10.2 Å². The van der Waals surface area contributed by atoms with E-state index in [2.05, 4.69) is 37.1 Å². The lowest BCUT2D eigenvalue weighted by Crippen LogP contribution is -2.37. The molecule has 1 saturated carbocycles. The topological polar surface area (TPSA) is 32.3 Å². The summed E-state index contributed by atoms with van der Waals surface area (Å²) in [6.07, 6.45) is 11.6.